The minimum absolute atomic E-state index is 0.0338. The molecule has 0 bridgehead atoms. The Hall–Kier alpha value is -1.73. The van der Waals surface area contributed by atoms with E-state index in [1.807, 2.05) is 0 Å². The number of benzene rings is 2. The monoisotopic (exact) mass is 399 g/mol. The first-order valence-electron chi connectivity index (χ1n) is 6.89. The van der Waals surface area contributed by atoms with Crippen molar-refractivity contribution < 1.29 is 18.7 Å². The summed E-state index contributed by atoms with van der Waals surface area (Å²) in [4.78, 5) is 11.2. The van der Waals surface area contributed by atoms with E-state index in [-0.39, 0.29) is 21.4 Å². The SMILES string of the molecule is C[Si](C)(C)c1ccc(Nc2c(C(=O)O)ccc(Br)c2F)c(F)c1. The minimum atomic E-state index is -1.67. The van der Waals surface area contributed by atoms with Gasteiger partial charge in [-0.3, -0.25) is 0 Å². The number of carboxylic acids is 1. The van der Waals surface area contributed by atoms with Gasteiger partial charge in [-0.15, -0.1) is 0 Å². The van der Waals surface area contributed by atoms with Crippen LogP contribution >= 0.6 is 15.9 Å². The summed E-state index contributed by atoms with van der Waals surface area (Å²) in [7, 11) is -1.67. The molecule has 0 unspecified atom stereocenters. The van der Waals surface area contributed by atoms with Crippen molar-refractivity contribution in [3.63, 3.8) is 0 Å². The standard InChI is InChI=1S/C16H16BrF2NO2Si/c1-23(2,3)9-4-7-13(12(18)8-9)20-15-10(16(21)22)5-6-11(17)14(15)19/h4-8,20H,1-3H3,(H,21,22). The fourth-order valence-electron chi connectivity index (χ4n) is 2.07. The molecule has 2 rings (SSSR count). The molecule has 0 aliphatic rings. The summed E-state index contributed by atoms with van der Waals surface area (Å²) < 4.78 is 28.6. The molecule has 0 fully saturated rings. The number of carbonyl (C=O) groups is 1. The van der Waals surface area contributed by atoms with Crippen molar-refractivity contribution in [2.45, 2.75) is 19.6 Å². The predicted molar refractivity (Wildman–Crippen MR) is 93.7 cm³/mol. The second kappa shape index (κ2) is 6.41. The molecule has 122 valence electrons. The Morgan fingerprint density at radius 3 is 2.35 bits per heavy atom. The molecule has 0 aliphatic carbocycles. The van der Waals surface area contributed by atoms with Crippen molar-refractivity contribution in [3.05, 3.63) is 52.0 Å². The highest BCUT2D eigenvalue weighted by atomic mass is 79.9. The van der Waals surface area contributed by atoms with Gasteiger partial charge in [-0.25, -0.2) is 13.6 Å². The van der Waals surface area contributed by atoms with Gasteiger partial charge in [-0.05, 0) is 40.2 Å². The van der Waals surface area contributed by atoms with Gasteiger partial charge < -0.3 is 10.4 Å². The maximum atomic E-state index is 14.3. The number of halogens is 3. The molecule has 2 aromatic rings. The van der Waals surface area contributed by atoms with Crippen LogP contribution in [0.2, 0.25) is 19.6 Å². The van der Waals surface area contributed by atoms with Gasteiger partial charge in [0, 0.05) is 0 Å². The molecule has 0 atom stereocenters. The highest BCUT2D eigenvalue weighted by molar-refractivity contribution is 9.10. The zero-order valence-corrected chi connectivity index (χ0v) is 15.5. The van der Waals surface area contributed by atoms with Gasteiger partial charge in [-0.1, -0.05) is 30.9 Å². The van der Waals surface area contributed by atoms with Crippen LogP contribution in [0.3, 0.4) is 0 Å². The van der Waals surface area contributed by atoms with Crippen molar-refractivity contribution in [2.24, 2.45) is 0 Å². The van der Waals surface area contributed by atoms with E-state index in [9.17, 15) is 13.6 Å². The van der Waals surface area contributed by atoms with Gasteiger partial charge in [0.2, 0.25) is 0 Å². The van der Waals surface area contributed by atoms with Crippen LogP contribution in [-0.4, -0.2) is 19.1 Å². The highest BCUT2D eigenvalue weighted by Crippen LogP contribution is 2.30. The number of hydrogen-bond donors (Lipinski definition) is 2. The Morgan fingerprint density at radius 1 is 1.17 bits per heavy atom. The molecule has 0 saturated carbocycles. The molecule has 0 aliphatic heterocycles. The molecule has 0 aromatic heterocycles. The minimum Gasteiger partial charge on any atom is -0.478 e. The van der Waals surface area contributed by atoms with E-state index in [1.54, 1.807) is 6.07 Å². The second-order valence-electron chi connectivity index (χ2n) is 6.16. The molecular weight excluding hydrogens is 384 g/mol. The smallest absolute Gasteiger partial charge is 0.337 e. The van der Waals surface area contributed by atoms with Gasteiger partial charge in [-0.2, -0.15) is 0 Å². The number of nitrogens with one attached hydrogen (secondary N) is 1. The molecule has 0 amide bonds. The average Bonchev–Trinajstić information content (AvgIpc) is 2.44. The van der Waals surface area contributed by atoms with Gasteiger partial charge >= 0.3 is 5.97 Å². The lowest BCUT2D eigenvalue weighted by molar-refractivity contribution is 0.0697. The third-order valence-electron chi connectivity index (χ3n) is 3.42. The van der Waals surface area contributed by atoms with Crippen molar-refractivity contribution in [1.82, 2.24) is 0 Å². The van der Waals surface area contributed by atoms with E-state index in [0.29, 0.717) is 0 Å². The number of aromatic carboxylic acids is 1. The summed E-state index contributed by atoms with van der Waals surface area (Å²) in [5.74, 6) is -2.61. The van der Waals surface area contributed by atoms with E-state index >= 15 is 0 Å². The molecule has 23 heavy (non-hydrogen) atoms. The van der Waals surface area contributed by atoms with Crippen LogP contribution in [0.5, 0.6) is 0 Å². The Morgan fingerprint density at radius 2 is 1.83 bits per heavy atom. The lowest BCUT2D eigenvalue weighted by Gasteiger charge is -2.18. The summed E-state index contributed by atoms with van der Waals surface area (Å²) in [6.07, 6.45) is 0. The van der Waals surface area contributed by atoms with Crippen molar-refractivity contribution in [3.8, 4) is 0 Å². The Balaban J connectivity index is 2.48. The van der Waals surface area contributed by atoms with E-state index < -0.39 is 25.7 Å². The van der Waals surface area contributed by atoms with E-state index in [0.717, 1.165) is 5.19 Å². The summed E-state index contributed by atoms with van der Waals surface area (Å²) in [6, 6.07) is 7.27. The van der Waals surface area contributed by atoms with Crippen LogP contribution in [0.4, 0.5) is 20.2 Å². The molecule has 0 heterocycles. The fourth-order valence-corrected chi connectivity index (χ4v) is 3.54. The van der Waals surface area contributed by atoms with E-state index in [1.165, 1.54) is 24.3 Å². The molecule has 0 radical (unpaired) electrons. The molecule has 0 saturated heterocycles. The first-order valence-corrected chi connectivity index (χ1v) is 11.2. The highest BCUT2D eigenvalue weighted by Gasteiger charge is 2.21. The number of hydrogen-bond acceptors (Lipinski definition) is 2. The van der Waals surface area contributed by atoms with E-state index in [4.69, 9.17) is 5.11 Å². The number of carboxylic acid groups (broad SMARTS) is 1. The molecule has 2 aromatic carbocycles. The summed E-state index contributed by atoms with van der Waals surface area (Å²) in [5, 5.41) is 12.7. The molecule has 0 spiro atoms. The molecule has 2 N–H and O–H groups in total. The van der Waals surface area contributed by atoms with Crippen LogP contribution < -0.4 is 10.5 Å². The maximum absolute atomic E-state index is 14.3. The van der Waals surface area contributed by atoms with Gasteiger partial charge in [0.05, 0.1) is 29.5 Å². The van der Waals surface area contributed by atoms with Crippen LogP contribution in [0.1, 0.15) is 10.4 Å². The molecule has 3 nitrogen and oxygen atoms in total. The first-order chi connectivity index (χ1) is 10.6. The lowest BCUT2D eigenvalue weighted by atomic mass is 10.1. The maximum Gasteiger partial charge on any atom is 0.337 e. The Bertz CT molecular complexity index is 775. The van der Waals surface area contributed by atoms with Crippen LogP contribution in [0.15, 0.2) is 34.8 Å². The lowest BCUT2D eigenvalue weighted by Crippen LogP contribution is -2.37. The first kappa shape index (κ1) is 17.6. The molecular formula is C16H16BrF2NO2Si. The van der Waals surface area contributed by atoms with Crippen molar-refractivity contribution >= 4 is 46.5 Å². The van der Waals surface area contributed by atoms with Crippen molar-refractivity contribution in [1.29, 1.82) is 0 Å². The predicted octanol–water partition coefficient (Wildman–Crippen LogP) is 4.71. The van der Waals surface area contributed by atoms with Crippen molar-refractivity contribution in [2.75, 3.05) is 5.32 Å². The van der Waals surface area contributed by atoms with Gasteiger partial charge in [0.15, 0.2) is 5.82 Å². The van der Waals surface area contributed by atoms with E-state index in [2.05, 4.69) is 40.9 Å². The zero-order chi connectivity index (χ0) is 17.4. The van der Waals surface area contributed by atoms with Gasteiger partial charge in [0.1, 0.15) is 5.82 Å². The fraction of sp³-hybridized carbons (Fsp3) is 0.188. The normalized spacial score (nSPS) is 11.4. The summed E-state index contributed by atoms with van der Waals surface area (Å²) in [5.41, 5.74) is -0.502. The zero-order valence-electron chi connectivity index (χ0n) is 12.9. The topological polar surface area (TPSA) is 49.3 Å². The molecule has 7 heteroatoms. The van der Waals surface area contributed by atoms with Gasteiger partial charge in [0.25, 0.3) is 0 Å². The third kappa shape index (κ3) is 3.79. The Labute approximate surface area is 142 Å². The van der Waals surface area contributed by atoms with Crippen LogP contribution in [0.25, 0.3) is 0 Å². The summed E-state index contributed by atoms with van der Waals surface area (Å²) in [6.45, 7) is 6.27. The largest absolute Gasteiger partial charge is 0.478 e. The Kier molecular flexibility index (Phi) is 4.91. The van der Waals surface area contributed by atoms with Crippen LogP contribution in [-0.2, 0) is 0 Å². The average molecular weight is 400 g/mol. The number of anilines is 2. The number of rotatable bonds is 4. The summed E-state index contributed by atoms with van der Waals surface area (Å²) >= 11 is 3.00. The third-order valence-corrected chi connectivity index (χ3v) is 6.08. The second-order valence-corrected chi connectivity index (χ2v) is 12.1. The van der Waals surface area contributed by atoms with Crippen LogP contribution in [0, 0.1) is 11.6 Å². The quantitative estimate of drug-likeness (QED) is 0.731.